The fourth-order valence-electron chi connectivity index (χ4n) is 18.6. The van der Waals surface area contributed by atoms with Gasteiger partial charge in [0.05, 0.1) is 0 Å². The molecule has 0 nitrogen and oxygen atoms in total. The fourth-order valence-corrected chi connectivity index (χ4v) is 18.6. The molecule has 0 unspecified atom stereocenters. The smallest absolute Gasteiger partial charge is 0.0269 e. The van der Waals surface area contributed by atoms with Crippen LogP contribution in [0.15, 0.2) is 0 Å². The molecule has 16 aliphatic rings. The van der Waals surface area contributed by atoms with E-state index in [0.717, 1.165) is 100 Å². The minimum atomic E-state index is 0.702. The largest absolute Gasteiger partial charge is 0.0654 e. The number of hydrogen-bond acceptors (Lipinski definition) is 0. The Morgan fingerprint density at radius 3 is 0.712 bits per heavy atom. The maximum Gasteiger partial charge on any atom is -0.0269 e. The second-order valence-corrected chi connectivity index (χ2v) is 25.6. The highest BCUT2D eigenvalue weighted by Crippen LogP contribution is 2.65. The minimum absolute atomic E-state index is 0.702. The molecule has 0 spiro atoms. The molecular weight excluding hydrogens is 625 g/mol. The fraction of sp³-hybridized carbons (Fsp3) is 1.00. The van der Waals surface area contributed by atoms with Gasteiger partial charge in [-0.2, -0.15) is 0 Å². The highest BCUT2D eigenvalue weighted by atomic mass is 14.6. The van der Waals surface area contributed by atoms with Gasteiger partial charge in [-0.3, -0.25) is 0 Å². The second-order valence-electron chi connectivity index (χ2n) is 25.6. The lowest BCUT2D eigenvalue weighted by atomic mass is 9.45. The van der Waals surface area contributed by atoms with Crippen LogP contribution < -0.4 is 0 Å². The van der Waals surface area contributed by atoms with Crippen molar-refractivity contribution in [3.8, 4) is 0 Å². The van der Waals surface area contributed by atoms with Crippen molar-refractivity contribution in [2.24, 2.45) is 116 Å². The zero-order valence-electron chi connectivity index (χ0n) is 36.2. The molecule has 0 heteroatoms. The quantitative estimate of drug-likeness (QED) is 0.255. The van der Waals surface area contributed by atoms with Crippen molar-refractivity contribution >= 4 is 0 Å². The topological polar surface area (TPSA) is 0 Å². The molecule has 0 atom stereocenters. The Bertz CT molecular complexity index is 1010. The zero-order valence-corrected chi connectivity index (χ0v) is 36.2. The first-order valence-corrected chi connectivity index (χ1v) is 24.7. The van der Waals surface area contributed by atoms with E-state index in [-0.39, 0.29) is 0 Å². The first kappa shape index (κ1) is 37.6. The summed E-state index contributed by atoms with van der Waals surface area (Å²) in [7, 11) is 0. The second kappa shape index (κ2) is 13.8. The molecule has 16 rings (SSSR count). The van der Waals surface area contributed by atoms with E-state index in [1.54, 1.807) is 128 Å². The molecule has 0 amide bonds. The minimum Gasteiger partial charge on any atom is -0.0654 e. The van der Waals surface area contributed by atoms with Crippen LogP contribution in [0.5, 0.6) is 0 Å². The Hall–Kier alpha value is 0. The van der Waals surface area contributed by atoms with Crippen LogP contribution in [0, 0.1) is 116 Å². The molecule has 16 aliphatic carbocycles. The van der Waals surface area contributed by atoms with E-state index < -0.39 is 0 Å². The normalized spacial score (nSPS) is 53.1. The monoisotopic (exact) mass is 713 g/mol. The average molecular weight is 713 g/mol. The molecule has 296 valence electrons. The molecular formula is C52H88. The molecule has 16 saturated carbocycles. The third kappa shape index (κ3) is 6.69. The molecule has 16 bridgehead atoms. The van der Waals surface area contributed by atoms with Gasteiger partial charge in [-0.1, -0.05) is 74.7 Å². The molecule has 0 aromatic rings. The summed E-state index contributed by atoms with van der Waals surface area (Å²) in [6, 6.07) is 0. The third-order valence-corrected chi connectivity index (χ3v) is 22.0. The first-order chi connectivity index (χ1) is 24.7. The maximum absolute atomic E-state index is 2.65. The average Bonchev–Trinajstić information content (AvgIpc) is 3.08. The lowest BCUT2D eigenvalue weighted by Crippen LogP contribution is -2.51. The van der Waals surface area contributed by atoms with Crippen LogP contribution in [0.4, 0.5) is 0 Å². The van der Waals surface area contributed by atoms with Crippen molar-refractivity contribution in [2.75, 3.05) is 0 Å². The van der Waals surface area contributed by atoms with Crippen molar-refractivity contribution in [3.05, 3.63) is 0 Å². The van der Waals surface area contributed by atoms with E-state index in [9.17, 15) is 0 Å². The maximum atomic E-state index is 2.65. The van der Waals surface area contributed by atoms with Gasteiger partial charge in [-0.25, -0.2) is 0 Å². The summed E-state index contributed by atoms with van der Waals surface area (Å²) in [5.74, 6) is 17.9. The number of rotatable bonds is 4. The van der Waals surface area contributed by atoms with Gasteiger partial charge in [0.15, 0.2) is 0 Å². The van der Waals surface area contributed by atoms with Crippen LogP contribution in [0.25, 0.3) is 0 Å². The van der Waals surface area contributed by atoms with Gasteiger partial charge in [0.25, 0.3) is 0 Å². The number of hydrogen-bond donors (Lipinski definition) is 0. The van der Waals surface area contributed by atoms with Gasteiger partial charge in [0, 0.05) is 0 Å². The molecule has 0 radical (unpaired) electrons. The van der Waals surface area contributed by atoms with Gasteiger partial charge >= 0.3 is 0 Å². The Kier molecular flexibility index (Phi) is 10.00. The van der Waals surface area contributed by atoms with Crippen LogP contribution in [0.1, 0.15) is 209 Å². The Morgan fingerprint density at radius 1 is 0.288 bits per heavy atom. The standard InChI is InChI=1S/C16H28.3C12H20/c1-3-4-5-6-16(2)14-8-12-7-13(10-14)11-15(16)9-12;3*1-12(2)10-4-8-3-9(6-10)7-11(12)5-8/h12-15H,3-11H2,1-2H3;3*8-11H,3-7H2,1-2H3. The third-order valence-electron chi connectivity index (χ3n) is 22.0. The molecule has 16 fully saturated rings. The van der Waals surface area contributed by atoms with Crippen LogP contribution in [-0.4, -0.2) is 0 Å². The number of unbranched alkanes of at least 4 members (excludes halogenated alkanes) is 2. The van der Waals surface area contributed by atoms with Crippen molar-refractivity contribution in [1.29, 1.82) is 0 Å². The van der Waals surface area contributed by atoms with Crippen molar-refractivity contribution < 1.29 is 0 Å². The molecule has 52 heavy (non-hydrogen) atoms. The Labute approximate surface area is 324 Å². The Balaban J connectivity index is 0.0000000930. The molecule has 0 aliphatic heterocycles. The van der Waals surface area contributed by atoms with E-state index in [1.807, 2.05) is 0 Å². The van der Waals surface area contributed by atoms with Crippen LogP contribution in [0.2, 0.25) is 0 Å². The van der Waals surface area contributed by atoms with E-state index in [0.29, 0.717) is 16.2 Å². The highest BCUT2D eigenvalue weighted by molar-refractivity contribution is 5.06. The van der Waals surface area contributed by atoms with Crippen molar-refractivity contribution in [2.45, 2.75) is 209 Å². The molecule has 0 aromatic heterocycles. The summed E-state index contributed by atoms with van der Waals surface area (Å²) in [6.45, 7) is 20.1. The van der Waals surface area contributed by atoms with E-state index in [2.05, 4.69) is 55.4 Å². The van der Waals surface area contributed by atoms with E-state index >= 15 is 0 Å². The predicted octanol–water partition coefficient (Wildman–Crippen LogP) is 15.4. The van der Waals surface area contributed by atoms with Crippen molar-refractivity contribution in [3.63, 3.8) is 0 Å². The predicted molar refractivity (Wildman–Crippen MR) is 222 cm³/mol. The summed E-state index contributed by atoms with van der Waals surface area (Å²) in [5, 5.41) is 0. The van der Waals surface area contributed by atoms with E-state index in [1.165, 1.54) is 25.7 Å². The van der Waals surface area contributed by atoms with Crippen molar-refractivity contribution in [1.82, 2.24) is 0 Å². The van der Waals surface area contributed by atoms with Gasteiger partial charge < -0.3 is 0 Å². The van der Waals surface area contributed by atoms with Crippen LogP contribution >= 0.6 is 0 Å². The molecule has 0 aromatic carbocycles. The summed E-state index contributed by atoms with van der Waals surface area (Å²) < 4.78 is 0. The first-order valence-electron chi connectivity index (χ1n) is 24.7. The lowest BCUT2D eigenvalue weighted by Gasteiger charge is -2.60. The van der Waals surface area contributed by atoms with Gasteiger partial charge in [0.1, 0.15) is 0 Å². The van der Waals surface area contributed by atoms with Gasteiger partial charge in [-0.05, 0) is 251 Å². The van der Waals surface area contributed by atoms with Crippen LogP contribution in [0.3, 0.4) is 0 Å². The van der Waals surface area contributed by atoms with Gasteiger partial charge in [-0.15, -0.1) is 0 Å². The highest BCUT2D eigenvalue weighted by Gasteiger charge is 2.56. The molecule has 0 saturated heterocycles. The van der Waals surface area contributed by atoms with Crippen LogP contribution in [-0.2, 0) is 0 Å². The molecule has 0 N–H and O–H groups in total. The summed E-state index contributed by atoms with van der Waals surface area (Å²) in [6.07, 6.45) is 37.4. The summed E-state index contributed by atoms with van der Waals surface area (Å²) >= 11 is 0. The Morgan fingerprint density at radius 2 is 0.500 bits per heavy atom. The SMILES string of the molecule is CC1(C)C2CC3CC(C2)CC1C3.CC1(C)C2CC3CC(C2)CC1C3.CC1(C)C2CC3CC(C2)CC1C3.CCCCCC1(C)C2CC3CC(C2)CC1C3. The lowest BCUT2D eigenvalue weighted by molar-refractivity contribution is -0.103. The van der Waals surface area contributed by atoms with E-state index in [4.69, 9.17) is 0 Å². The molecule has 0 heterocycles. The van der Waals surface area contributed by atoms with Gasteiger partial charge in [0.2, 0.25) is 0 Å². The summed E-state index contributed by atoms with van der Waals surface area (Å²) in [4.78, 5) is 0. The zero-order chi connectivity index (χ0) is 36.2. The summed E-state index contributed by atoms with van der Waals surface area (Å²) in [5.41, 5.74) is 2.86.